The van der Waals surface area contributed by atoms with Gasteiger partial charge in [0, 0.05) is 5.02 Å². The second-order valence-corrected chi connectivity index (χ2v) is 7.34. The van der Waals surface area contributed by atoms with Gasteiger partial charge in [0.25, 0.3) is 11.8 Å². The van der Waals surface area contributed by atoms with Gasteiger partial charge in [-0.3, -0.25) is 9.59 Å². The smallest absolute Gasteiger partial charge is 0.338 e. The topological polar surface area (TPSA) is 63.7 Å². The number of ether oxygens (including phenoxy) is 1. The van der Waals surface area contributed by atoms with Gasteiger partial charge in [0.15, 0.2) is 0 Å². The van der Waals surface area contributed by atoms with Crippen LogP contribution >= 0.6 is 23.2 Å². The number of esters is 1. The molecule has 0 unspecified atom stereocenters. The number of nitrogens with zero attached hydrogens (tertiary/aromatic N) is 1. The van der Waals surface area contributed by atoms with Gasteiger partial charge >= 0.3 is 5.97 Å². The third kappa shape index (κ3) is 4.05. The summed E-state index contributed by atoms with van der Waals surface area (Å²) in [5.41, 5.74) is 0.789. The molecular weight excluding hydrogens is 401 g/mol. The molecule has 5 nitrogen and oxygen atoms in total. The number of amides is 2. The number of anilines is 1. The van der Waals surface area contributed by atoms with Crippen LogP contribution in [0.1, 0.15) is 63.7 Å². The first-order valence-electron chi connectivity index (χ1n) is 9.09. The molecule has 28 heavy (non-hydrogen) atoms. The molecule has 0 bridgehead atoms. The van der Waals surface area contributed by atoms with Crippen LogP contribution in [0.25, 0.3) is 0 Å². The average molecular weight is 420 g/mol. The Kier molecular flexibility index (Phi) is 6.37. The molecule has 1 aliphatic rings. The van der Waals surface area contributed by atoms with Crippen molar-refractivity contribution in [1.82, 2.24) is 0 Å². The molecule has 0 aliphatic carbocycles. The zero-order valence-electron chi connectivity index (χ0n) is 15.3. The summed E-state index contributed by atoms with van der Waals surface area (Å²) in [6.45, 7) is 2.43. The first kappa shape index (κ1) is 20.4. The molecule has 0 saturated heterocycles. The fourth-order valence-corrected chi connectivity index (χ4v) is 3.39. The number of rotatable bonds is 7. The summed E-state index contributed by atoms with van der Waals surface area (Å²) in [4.78, 5) is 38.8. The van der Waals surface area contributed by atoms with Gasteiger partial charge in [-0.25, -0.2) is 9.69 Å². The minimum atomic E-state index is -0.554. The lowest BCUT2D eigenvalue weighted by atomic mass is 10.1. The lowest BCUT2D eigenvalue weighted by Gasteiger charge is -2.15. The highest BCUT2D eigenvalue weighted by Gasteiger charge is 2.38. The largest absolute Gasteiger partial charge is 0.462 e. The quantitative estimate of drug-likeness (QED) is 0.336. The van der Waals surface area contributed by atoms with Crippen LogP contribution in [0, 0.1) is 0 Å². The molecule has 3 rings (SSSR count). The Hall–Kier alpha value is -2.37. The summed E-state index contributed by atoms with van der Waals surface area (Å²) in [5.74, 6) is -1.58. The highest BCUT2D eigenvalue weighted by atomic mass is 35.5. The van der Waals surface area contributed by atoms with Crippen molar-refractivity contribution in [3.63, 3.8) is 0 Å². The van der Waals surface area contributed by atoms with E-state index in [-0.39, 0.29) is 27.4 Å². The van der Waals surface area contributed by atoms with E-state index < -0.39 is 17.8 Å². The molecule has 2 aromatic carbocycles. The van der Waals surface area contributed by atoms with Gasteiger partial charge in [-0.15, -0.1) is 0 Å². The van der Waals surface area contributed by atoms with Crippen LogP contribution < -0.4 is 4.90 Å². The number of hydrogen-bond donors (Lipinski definition) is 0. The Bertz CT molecular complexity index is 942. The zero-order valence-corrected chi connectivity index (χ0v) is 16.8. The monoisotopic (exact) mass is 419 g/mol. The van der Waals surface area contributed by atoms with Crippen LogP contribution in [-0.4, -0.2) is 24.4 Å². The van der Waals surface area contributed by atoms with Crippen molar-refractivity contribution in [2.24, 2.45) is 0 Å². The first-order valence-corrected chi connectivity index (χ1v) is 9.84. The molecule has 0 N–H and O–H groups in total. The maximum Gasteiger partial charge on any atom is 0.338 e. The number of benzene rings is 2. The Morgan fingerprint density at radius 2 is 1.71 bits per heavy atom. The number of carbonyl (C=O) groups excluding carboxylic acids is 3. The van der Waals surface area contributed by atoms with E-state index >= 15 is 0 Å². The number of hydrogen-bond acceptors (Lipinski definition) is 4. The average Bonchev–Trinajstić information content (AvgIpc) is 2.93. The third-order valence-corrected chi connectivity index (χ3v) is 5.06. The third-order valence-electron chi connectivity index (χ3n) is 4.50. The van der Waals surface area contributed by atoms with E-state index in [2.05, 4.69) is 6.92 Å². The number of fused-ring (bicyclic) bond motifs is 1. The fourth-order valence-electron chi connectivity index (χ4n) is 3.02. The van der Waals surface area contributed by atoms with Crippen molar-refractivity contribution in [1.29, 1.82) is 0 Å². The van der Waals surface area contributed by atoms with Crippen molar-refractivity contribution in [3.05, 3.63) is 63.1 Å². The van der Waals surface area contributed by atoms with Gasteiger partial charge in [-0.1, -0.05) is 49.4 Å². The predicted molar refractivity (Wildman–Crippen MR) is 108 cm³/mol. The summed E-state index contributed by atoms with van der Waals surface area (Å²) in [6.07, 6.45) is 3.98. The number of imide groups is 1. The molecule has 1 aliphatic heterocycles. The van der Waals surface area contributed by atoms with Crippen molar-refractivity contribution >= 4 is 46.7 Å². The van der Waals surface area contributed by atoms with Crippen molar-refractivity contribution in [3.8, 4) is 0 Å². The molecule has 146 valence electrons. The molecule has 7 heteroatoms. The molecule has 1 heterocycles. The van der Waals surface area contributed by atoms with E-state index in [9.17, 15) is 14.4 Å². The summed E-state index contributed by atoms with van der Waals surface area (Å²) in [5, 5.41) is 0.578. The maximum absolute atomic E-state index is 12.8. The first-order chi connectivity index (χ1) is 13.4. The number of halogens is 2. The summed E-state index contributed by atoms with van der Waals surface area (Å²) >= 11 is 12.1. The van der Waals surface area contributed by atoms with Crippen molar-refractivity contribution < 1.29 is 19.1 Å². The SMILES string of the molecule is CCCCCCOC(=O)c1ccc2c(c1)C(=O)N(c1cc(Cl)ccc1Cl)C2=O. The lowest BCUT2D eigenvalue weighted by molar-refractivity contribution is 0.0497. The van der Waals surface area contributed by atoms with Gasteiger partial charge in [0.1, 0.15) is 0 Å². The Balaban J connectivity index is 1.80. The summed E-state index contributed by atoms with van der Waals surface area (Å²) < 4.78 is 5.26. The highest BCUT2D eigenvalue weighted by molar-refractivity contribution is 6.41. The van der Waals surface area contributed by atoms with Gasteiger partial charge in [-0.2, -0.15) is 0 Å². The molecular formula is C21H19Cl2NO4. The van der Waals surface area contributed by atoms with Crippen molar-refractivity contribution in [2.75, 3.05) is 11.5 Å². The lowest BCUT2D eigenvalue weighted by Crippen LogP contribution is -2.29. The van der Waals surface area contributed by atoms with Gasteiger partial charge in [0.2, 0.25) is 0 Å². The van der Waals surface area contributed by atoms with Crippen molar-refractivity contribution in [2.45, 2.75) is 32.6 Å². The molecule has 0 radical (unpaired) electrons. The molecule has 0 spiro atoms. The van der Waals surface area contributed by atoms with E-state index in [1.54, 1.807) is 6.07 Å². The Labute approximate surface area is 173 Å². The zero-order chi connectivity index (χ0) is 20.3. The van der Waals surface area contributed by atoms with Crippen LogP contribution in [0.15, 0.2) is 36.4 Å². The van der Waals surface area contributed by atoms with Crippen LogP contribution in [0.3, 0.4) is 0 Å². The minimum absolute atomic E-state index is 0.140. The van der Waals surface area contributed by atoms with Crippen LogP contribution in [0.5, 0.6) is 0 Å². The van der Waals surface area contributed by atoms with Crippen LogP contribution in [0.2, 0.25) is 10.0 Å². The van der Waals surface area contributed by atoms with Crippen LogP contribution in [0.4, 0.5) is 5.69 Å². The molecule has 0 fully saturated rings. The molecule has 2 aromatic rings. The Morgan fingerprint density at radius 1 is 0.964 bits per heavy atom. The van der Waals surface area contributed by atoms with Gasteiger partial charge in [0.05, 0.1) is 34.0 Å². The molecule has 0 aromatic heterocycles. The normalized spacial score (nSPS) is 13.0. The minimum Gasteiger partial charge on any atom is -0.462 e. The van der Waals surface area contributed by atoms with E-state index in [1.807, 2.05) is 0 Å². The maximum atomic E-state index is 12.8. The van der Waals surface area contributed by atoms with Gasteiger partial charge < -0.3 is 4.74 Å². The molecule has 2 amide bonds. The second-order valence-electron chi connectivity index (χ2n) is 6.50. The standard InChI is InChI=1S/C21H19Cl2NO4/c1-2-3-4-5-10-28-21(27)13-6-8-15-16(11-13)20(26)24(19(15)25)18-12-14(22)7-9-17(18)23/h6-9,11-12H,2-5,10H2,1H3. The Morgan fingerprint density at radius 3 is 2.46 bits per heavy atom. The highest BCUT2D eigenvalue weighted by Crippen LogP contribution is 2.35. The number of carbonyl (C=O) groups is 3. The predicted octanol–water partition coefficient (Wildman–Crippen LogP) is 5.53. The van der Waals surface area contributed by atoms with E-state index in [0.29, 0.717) is 11.6 Å². The second kappa shape index (κ2) is 8.76. The molecule has 0 saturated carbocycles. The van der Waals surface area contributed by atoms with E-state index in [4.69, 9.17) is 27.9 Å². The van der Waals surface area contributed by atoms with Gasteiger partial charge in [-0.05, 0) is 42.8 Å². The number of unbranched alkanes of at least 4 members (excludes halogenated alkanes) is 3. The van der Waals surface area contributed by atoms with E-state index in [0.717, 1.165) is 30.6 Å². The fraction of sp³-hybridized carbons (Fsp3) is 0.286. The summed E-state index contributed by atoms with van der Waals surface area (Å²) in [6, 6.07) is 8.88. The molecule has 0 atom stereocenters. The summed E-state index contributed by atoms with van der Waals surface area (Å²) in [7, 11) is 0. The van der Waals surface area contributed by atoms with E-state index in [1.165, 1.54) is 30.3 Å². The van der Waals surface area contributed by atoms with Crippen LogP contribution in [-0.2, 0) is 4.74 Å².